The molecule has 1 nitrogen and oxygen atoms in total. The Morgan fingerprint density at radius 3 is 1.67 bits per heavy atom. The van der Waals surface area contributed by atoms with E-state index in [0.717, 1.165) is 5.71 Å². The van der Waals surface area contributed by atoms with Crippen molar-refractivity contribution in [2.45, 2.75) is 20.8 Å². The smallest absolute Gasteiger partial charge is 0.0448 e. The Hall–Kier alpha value is -2.93. The third-order valence-corrected chi connectivity index (χ3v) is 4.90. The third kappa shape index (κ3) is 4.09. The van der Waals surface area contributed by atoms with Gasteiger partial charge in [0, 0.05) is 18.3 Å². The molecule has 0 N–H and O–H groups in total. The first-order valence-electron chi connectivity index (χ1n) is 9.51. The van der Waals surface area contributed by atoms with E-state index >= 15 is 0 Å². The average molecular weight is 354 g/mol. The minimum absolute atomic E-state index is 0.366. The lowest BCUT2D eigenvalue weighted by Gasteiger charge is -2.20. The van der Waals surface area contributed by atoms with Crippen molar-refractivity contribution in [3.8, 4) is 0 Å². The van der Waals surface area contributed by atoms with Crippen molar-refractivity contribution in [2.75, 3.05) is 7.05 Å². The number of allylic oxidation sites excluding steroid dienone is 1. The summed E-state index contributed by atoms with van der Waals surface area (Å²) in [4.78, 5) is 4.62. The SMILES string of the molecule is CN=C(c1ccccc1/C(=C(\C)c1ccccc1)c1ccccc1)C(C)C. The van der Waals surface area contributed by atoms with Gasteiger partial charge in [0.1, 0.15) is 0 Å². The molecule has 3 aromatic rings. The van der Waals surface area contributed by atoms with Crippen LogP contribution in [0, 0.1) is 5.92 Å². The van der Waals surface area contributed by atoms with Crippen LogP contribution in [-0.2, 0) is 0 Å². The maximum Gasteiger partial charge on any atom is 0.0448 e. The summed E-state index contributed by atoms with van der Waals surface area (Å²) >= 11 is 0. The van der Waals surface area contributed by atoms with Crippen LogP contribution in [0.1, 0.15) is 43.0 Å². The number of rotatable bonds is 5. The number of benzene rings is 3. The zero-order valence-corrected chi connectivity index (χ0v) is 16.6. The average Bonchev–Trinajstić information content (AvgIpc) is 2.71. The van der Waals surface area contributed by atoms with Crippen LogP contribution >= 0.6 is 0 Å². The third-order valence-electron chi connectivity index (χ3n) is 4.90. The van der Waals surface area contributed by atoms with E-state index in [1.165, 1.54) is 33.4 Å². The van der Waals surface area contributed by atoms with E-state index in [4.69, 9.17) is 0 Å². The topological polar surface area (TPSA) is 12.4 Å². The lowest BCUT2D eigenvalue weighted by atomic mass is 9.85. The molecule has 3 aromatic carbocycles. The van der Waals surface area contributed by atoms with E-state index in [1.807, 2.05) is 7.05 Å². The fourth-order valence-electron chi connectivity index (χ4n) is 3.63. The lowest BCUT2D eigenvalue weighted by molar-refractivity contribution is 0.881. The van der Waals surface area contributed by atoms with Crippen LogP contribution in [0.15, 0.2) is 89.9 Å². The maximum absolute atomic E-state index is 4.62. The molecule has 136 valence electrons. The van der Waals surface area contributed by atoms with Crippen molar-refractivity contribution >= 4 is 16.9 Å². The number of hydrogen-bond acceptors (Lipinski definition) is 1. The Kier molecular flexibility index (Phi) is 6.03. The fourth-order valence-corrected chi connectivity index (χ4v) is 3.63. The minimum atomic E-state index is 0.366. The number of aliphatic imine (C=N–C) groups is 1. The maximum atomic E-state index is 4.62. The molecule has 0 fully saturated rings. The molecule has 27 heavy (non-hydrogen) atoms. The highest BCUT2D eigenvalue weighted by atomic mass is 14.7. The monoisotopic (exact) mass is 353 g/mol. The van der Waals surface area contributed by atoms with Crippen LogP contribution in [0.25, 0.3) is 11.1 Å². The normalized spacial score (nSPS) is 12.9. The first kappa shape index (κ1) is 18.8. The molecule has 0 spiro atoms. The van der Waals surface area contributed by atoms with Crippen LogP contribution in [0.2, 0.25) is 0 Å². The van der Waals surface area contributed by atoms with Crippen LogP contribution < -0.4 is 0 Å². The predicted octanol–water partition coefficient (Wildman–Crippen LogP) is 6.74. The zero-order valence-electron chi connectivity index (χ0n) is 16.6. The van der Waals surface area contributed by atoms with Gasteiger partial charge in [-0.05, 0) is 40.7 Å². The molecule has 0 aliphatic heterocycles. The first-order chi connectivity index (χ1) is 13.1. The van der Waals surface area contributed by atoms with Crippen LogP contribution in [0.3, 0.4) is 0 Å². The van der Waals surface area contributed by atoms with E-state index in [1.54, 1.807) is 0 Å². The van der Waals surface area contributed by atoms with Gasteiger partial charge in [-0.3, -0.25) is 4.99 Å². The minimum Gasteiger partial charge on any atom is -0.292 e. The summed E-state index contributed by atoms with van der Waals surface area (Å²) in [7, 11) is 1.89. The largest absolute Gasteiger partial charge is 0.292 e. The summed E-state index contributed by atoms with van der Waals surface area (Å²) in [5.74, 6) is 0.366. The summed E-state index contributed by atoms with van der Waals surface area (Å²) in [6.07, 6.45) is 0. The van der Waals surface area contributed by atoms with Gasteiger partial charge < -0.3 is 0 Å². The molecule has 0 atom stereocenters. The molecule has 0 heterocycles. The molecule has 0 unspecified atom stereocenters. The summed E-state index contributed by atoms with van der Waals surface area (Å²) in [5, 5.41) is 0. The molecule has 0 bridgehead atoms. The van der Waals surface area contributed by atoms with Crippen molar-refractivity contribution in [1.82, 2.24) is 0 Å². The molecule has 1 heteroatoms. The van der Waals surface area contributed by atoms with E-state index in [2.05, 4.69) is 111 Å². The summed E-state index contributed by atoms with van der Waals surface area (Å²) < 4.78 is 0. The summed E-state index contributed by atoms with van der Waals surface area (Å²) in [6.45, 7) is 6.62. The Morgan fingerprint density at radius 2 is 1.15 bits per heavy atom. The van der Waals surface area contributed by atoms with Gasteiger partial charge in [0.15, 0.2) is 0 Å². The first-order valence-corrected chi connectivity index (χ1v) is 9.51. The van der Waals surface area contributed by atoms with Gasteiger partial charge in [0.05, 0.1) is 0 Å². The highest BCUT2D eigenvalue weighted by Gasteiger charge is 2.18. The lowest BCUT2D eigenvalue weighted by Crippen LogP contribution is -2.12. The molecule has 0 aliphatic carbocycles. The fraction of sp³-hybridized carbons (Fsp3) is 0.192. The van der Waals surface area contributed by atoms with E-state index in [-0.39, 0.29) is 0 Å². The highest BCUT2D eigenvalue weighted by Crippen LogP contribution is 2.34. The summed E-state index contributed by atoms with van der Waals surface area (Å²) in [5.41, 5.74) is 8.59. The Bertz CT molecular complexity index is 948. The van der Waals surface area contributed by atoms with Crippen LogP contribution in [0.4, 0.5) is 0 Å². The molecule has 0 aromatic heterocycles. The van der Waals surface area contributed by atoms with Gasteiger partial charge in [-0.1, -0.05) is 98.8 Å². The second-order valence-corrected chi connectivity index (χ2v) is 7.04. The quantitative estimate of drug-likeness (QED) is 0.356. The molecule has 0 amide bonds. The molecular weight excluding hydrogens is 326 g/mol. The van der Waals surface area contributed by atoms with E-state index in [0.29, 0.717) is 5.92 Å². The van der Waals surface area contributed by atoms with Crippen molar-refractivity contribution < 1.29 is 0 Å². The van der Waals surface area contributed by atoms with Crippen molar-refractivity contribution in [2.24, 2.45) is 10.9 Å². The second kappa shape index (κ2) is 8.64. The number of nitrogens with zero attached hydrogens (tertiary/aromatic N) is 1. The Morgan fingerprint density at radius 1 is 0.667 bits per heavy atom. The van der Waals surface area contributed by atoms with Gasteiger partial charge in [-0.15, -0.1) is 0 Å². The van der Waals surface area contributed by atoms with Crippen molar-refractivity contribution in [3.63, 3.8) is 0 Å². The molecule has 0 saturated carbocycles. The highest BCUT2D eigenvalue weighted by molar-refractivity contribution is 6.09. The van der Waals surface area contributed by atoms with Crippen molar-refractivity contribution in [1.29, 1.82) is 0 Å². The molecule has 3 rings (SSSR count). The molecule has 0 aliphatic rings. The number of hydrogen-bond donors (Lipinski definition) is 0. The zero-order chi connectivity index (χ0) is 19.2. The van der Waals surface area contributed by atoms with Gasteiger partial charge in [0.2, 0.25) is 0 Å². The standard InChI is InChI=1S/C26H27N/c1-19(2)26(27-4)24-18-12-11-17-23(24)25(22-15-9-6-10-16-22)20(3)21-13-7-5-8-14-21/h5-19H,1-4H3/b25-20+,27-26?. The van der Waals surface area contributed by atoms with E-state index in [9.17, 15) is 0 Å². The molecule has 0 saturated heterocycles. The van der Waals surface area contributed by atoms with Crippen molar-refractivity contribution in [3.05, 3.63) is 107 Å². The predicted molar refractivity (Wildman–Crippen MR) is 118 cm³/mol. The van der Waals surface area contributed by atoms with Crippen LogP contribution in [0.5, 0.6) is 0 Å². The van der Waals surface area contributed by atoms with Gasteiger partial charge in [-0.2, -0.15) is 0 Å². The second-order valence-electron chi connectivity index (χ2n) is 7.04. The van der Waals surface area contributed by atoms with Gasteiger partial charge in [-0.25, -0.2) is 0 Å². The van der Waals surface area contributed by atoms with Gasteiger partial charge in [0.25, 0.3) is 0 Å². The molecular formula is C26H27N. The van der Waals surface area contributed by atoms with E-state index < -0.39 is 0 Å². The summed E-state index contributed by atoms with van der Waals surface area (Å²) in [6, 6.07) is 29.9. The Balaban J connectivity index is 2.32. The Labute approximate surface area is 163 Å². The van der Waals surface area contributed by atoms with Crippen LogP contribution in [-0.4, -0.2) is 12.8 Å². The van der Waals surface area contributed by atoms with Gasteiger partial charge >= 0.3 is 0 Å². The molecule has 0 radical (unpaired) electrons.